The first-order valence-corrected chi connectivity index (χ1v) is 10.8. The Balaban J connectivity index is 1.35. The monoisotopic (exact) mass is 443 g/mol. The third-order valence-electron chi connectivity index (χ3n) is 5.32. The van der Waals surface area contributed by atoms with Crippen LogP contribution in [-0.2, 0) is 6.54 Å². The molecule has 3 heterocycles. The molecule has 9 heteroatoms. The van der Waals surface area contributed by atoms with E-state index in [4.69, 9.17) is 16.0 Å². The molecule has 0 radical (unpaired) electrons. The number of aromatic nitrogens is 2. The normalized spacial score (nSPS) is 15.1. The molecular weight excluding hydrogens is 418 g/mol. The van der Waals surface area contributed by atoms with Crippen LogP contribution in [0.3, 0.4) is 0 Å². The molecule has 0 unspecified atom stereocenters. The number of furan rings is 1. The molecule has 1 aliphatic rings. The first-order valence-electron chi connectivity index (χ1n) is 10.4. The van der Waals surface area contributed by atoms with Gasteiger partial charge in [0.05, 0.1) is 12.4 Å². The maximum atomic E-state index is 12.6. The molecule has 2 N–H and O–H groups in total. The van der Waals surface area contributed by atoms with Gasteiger partial charge in [-0.1, -0.05) is 11.6 Å². The molecule has 2 aromatic heterocycles. The number of imidazole rings is 1. The van der Waals surface area contributed by atoms with Gasteiger partial charge in [0, 0.05) is 43.3 Å². The van der Waals surface area contributed by atoms with Crippen molar-refractivity contribution in [3.63, 3.8) is 0 Å². The van der Waals surface area contributed by atoms with Crippen LogP contribution in [0.5, 0.6) is 5.88 Å². The summed E-state index contributed by atoms with van der Waals surface area (Å²) in [6, 6.07) is 10.9. The molecule has 0 amide bonds. The lowest BCUT2D eigenvalue weighted by Crippen LogP contribution is -2.43. The van der Waals surface area contributed by atoms with Crippen molar-refractivity contribution in [3.05, 3.63) is 63.9 Å². The van der Waals surface area contributed by atoms with E-state index in [-0.39, 0.29) is 11.6 Å². The van der Waals surface area contributed by atoms with Crippen LogP contribution < -0.4 is 11.0 Å². The second kappa shape index (κ2) is 10.00. The summed E-state index contributed by atoms with van der Waals surface area (Å²) < 4.78 is 8.22. The van der Waals surface area contributed by atoms with Crippen LogP contribution in [0.4, 0.5) is 0 Å². The lowest BCUT2D eigenvalue weighted by molar-refractivity contribution is 0.235. The molecule has 1 aromatic carbocycles. The van der Waals surface area contributed by atoms with E-state index in [1.165, 1.54) is 17.0 Å². The van der Waals surface area contributed by atoms with Gasteiger partial charge in [0.15, 0.2) is 0 Å². The molecule has 0 aliphatic carbocycles. The molecule has 164 valence electrons. The second-order valence-corrected chi connectivity index (χ2v) is 7.95. The molecule has 1 saturated heterocycles. The fourth-order valence-corrected chi connectivity index (χ4v) is 3.73. The number of nitrogens with zero attached hydrogens (tertiary/aromatic N) is 4. The molecule has 1 fully saturated rings. The van der Waals surface area contributed by atoms with Crippen LogP contribution in [0, 0.1) is 0 Å². The van der Waals surface area contributed by atoms with E-state index in [0.717, 1.165) is 55.8 Å². The van der Waals surface area contributed by atoms with Crippen LogP contribution in [-0.4, -0.2) is 58.2 Å². The van der Waals surface area contributed by atoms with Crippen molar-refractivity contribution in [1.82, 2.24) is 19.5 Å². The number of nitrogens with one attached hydrogen (secondary N) is 1. The number of benzene rings is 1. The number of aromatic hydroxyl groups is 1. The number of unbranched alkanes of at least 4 members (excludes halogenated alkanes) is 1. The van der Waals surface area contributed by atoms with Gasteiger partial charge >= 0.3 is 5.69 Å². The first-order chi connectivity index (χ1) is 15.1. The maximum absolute atomic E-state index is 12.6. The summed E-state index contributed by atoms with van der Waals surface area (Å²) in [4.78, 5) is 15.0. The number of halogens is 1. The van der Waals surface area contributed by atoms with Crippen molar-refractivity contribution < 1.29 is 9.52 Å². The predicted octanol–water partition coefficient (Wildman–Crippen LogP) is 2.84. The van der Waals surface area contributed by atoms with Gasteiger partial charge in [0.2, 0.25) is 5.88 Å². The fraction of sp³-hybridized carbons (Fsp3) is 0.364. The molecule has 31 heavy (non-hydrogen) atoms. The third-order valence-corrected chi connectivity index (χ3v) is 5.57. The Hall–Kier alpha value is -2.81. The average Bonchev–Trinajstić information content (AvgIpc) is 3.36. The number of piperazine rings is 1. The molecule has 4 rings (SSSR count). The van der Waals surface area contributed by atoms with Crippen LogP contribution in [0.25, 0.3) is 11.3 Å². The maximum Gasteiger partial charge on any atom is 0.351 e. The van der Waals surface area contributed by atoms with Gasteiger partial charge < -0.3 is 19.7 Å². The Labute approximate surface area is 185 Å². The van der Waals surface area contributed by atoms with E-state index in [2.05, 4.69) is 15.3 Å². The van der Waals surface area contributed by atoms with Crippen molar-refractivity contribution in [2.45, 2.75) is 19.4 Å². The van der Waals surface area contributed by atoms with Gasteiger partial charge in [0.1, 0.15) is 11.5 Å². The third kappa shape index (κ3) is 5.46. The summed E-state index contributed by atoms with van der Waals surface area (Å²) in [6.07, 6.45) is 4.56. The zero-order chi connectivity index (χ0) is 21.6. The minimum atomic E-state index is -0.375. The van der Waals surface area contributed by atoms with Crippen molar-refractivity contribution in [2.75, 3.05) is 32.7 Å². The zero-order valence-corrected chi connectivity index (χ0v) is 18.0. The van der Waals surface area contributed by atoms with E-state index >= 15 is 0 Å². The van der Waals surface area contributed by atoms with Crippen molar-refractivity contribution in [2.24, 2.45) is 5.10 Å². The summed E-state index contributed by atoms with van der Waals surface area (Å²) >= 11 is 5.92. The van der Waals surface area contributed by atoms with Gasteiger partial charge in [-0.15, -0.1) is 0 Å². The largest absolute Gasteiger partial charge is 0.493 e. The van der Waals surface area contributed by atoms with E-state index in [1.807, 2.05) is 18.2 Å². The standard InChI is InChI=1S/C22H26ClN5O3/c23-18-5-3-17(4-6-18)20-8-7-19(31-20)15-25-28-16-21(29)27(22(28)30)12-2-1-11-26-13-9-24-10-14-26/h3-8,15-16,24,29H,1-2,9-14H2. The Morgan fingerprint density at radius 2 is 1.84 bits per heavy atom. The van der Waals surface area contributed by atoms with E-state index in [0.29, 0.717) is 23.1 Å². The SMILES string of the molecule is O=c1n(N=Cc2ccc(-c3ccc(Cl)cc3)o2)cc(O)n1CCCCN1CCNCC1. The summed E-state index contributed by atoms with van der Waals surface area (Å²) in [5.41, 5.74) is 0.520. The van der Waals surface area contributed by atoms with Gasteiger partial charge in [-0.25, -0.2) is 4.79 Å². The minimum Gasteiger partial charge on any atom is -0.493 e. The Morgan fingerprint density at radius 3 is 2.61 bits per heavy atom. The summed E-state index contributed by atoms with van der Waals surface area (Å²) in [7, 11) is 0. The predicted molar refractivity (Wildman–Crippen MR) is 121 cm³/mol. The van der Waals surface area contributed by atoms with E-state index in [1.54, 1.807) is 18.2 Å². The molecule has 1 aliphatic heterocycles. The Bertz CT molecular complexity index is 1080. The van der Waals surface area contributed by atoms with Crippen molar-refractivity contribution in [3.8, 4) is 17.2 Å². The van der Waals surface area contributed by atoms with Crippen LogP contribution in [0.1, 0.15) is 18.6 Å². The number of rotatable bonds is 8. The highest BCUT2D eigenvalue weighted by Crippen LogP contribution is 2.23. The molecule has 0 atom stereocenters. The highest BCUT2D eigenvalue weighted by molar-refractivity contribution is 6.30. The molecule has 3 aromatic rings. The molecule has 8 nitrogen and oxygen atoms in total. The molecule has 0 saturated carbocycles. The lowest BCUT2D eigenvalue weighted by atomic mass is 10.2. The first kappa shape index (κ1) is 21.4. The topological polar surface area (TPSA) is 87.9 Å². The minimum absolute atomic E-state index is 0.0920. The summed E-state index contributed by atoms with van der Waals surface area (Å²) in [5.74, 6) is 1.08. The van der Waals surface area contributed by atoms with Crippen molar-refractivity contribution in [1.29, 1.82) is 0 Å². The zero-order valence-electron chi connectivity index (χ0n) is 17.2. The van der Waals surface area contributed by atoms with Gasteiger partial charge in [0.25, 0.3) is 0 Å². The Kier molecular flexibility index (Phi) is 6.91. The molecular formula is C22H26ClN5O3. The van der Waals surface area contributed by atoms with Gasteiger partial charge in [-0.3, -0.25) is 4.57 Å². The van der Waals surface area contributed by atoms with Gasteiger partial charge in [-0.05, 0) is 55.8 Å². The molecule has 0 spiro atoms. The quantitative estimate of drug-likeness (QED) is 0.413. The number of hydrogen-bond donors (Lipinski definition) is 2. The van der Waals surface area contributed by atoms with Crippen molar-refractivity contribution >= 4 is 17.8 Å². The summed E-state index contributed by atoms with van der Waals surface area (Å²) in [6.45, 7) is 5.63. The van der Waals surface area contributed by atoms with Gasteiger partial charge in [-0.2, -0.15) is 9.78 Å². The van der Waals surface area contributed by atoms with Crippen LogP contribution >= 0.6 is 11.6 Å². The highest BCUT2D eigenvalue weighted by Gasteiger charge is 2.12. The second-order valence-electron chi connectivity index (χ2n) is 7.52. The molecule has 0 bridgehead atoms. The Morgan fingerprint density at radius 1 is 1.10 bits per heavy atom. The van der Waals surface area contributed by atoms with E-state index < -0.39 is 0 Å². The lowest BCUT2D eigenvalue weighted by Gasteiger charge is -2.27. The number of hydrogen-bond acceptors (Lipinski definition) is 6. The average molecular weight is 444 g/mol. The van der Waals surface area contributed by atoms with E-state index in [9.17, 15) is 9.90 Å². The smallest absolute Gasteiger partial charge is 0.351 e. The highest BCUT2D eigenvalue weighted by atomic mass is 35.5. The van der Waals surface area contributed by atoms with Crippen LogP contribution in [0.15, 0.2) is 56.9 Å². The fourth-order valence-electron chi connectivity index (χ4n) is 3.60. The van der Waals surface area contributed by atoms with Crippen LogP contribution in [0.2, 0.25) is 5.02 Å². The summed E-state index contributed by atoms with van der Waals surface area (Å²) in [5, 5.41) is 18.3.